The first-order valence-electron chi connectivity index (χ1n) is 6.79. The summed E-state index contributed by atoms with van der Waals surface area (Å²) in [6, 6.07) is 13.3. The Hall–Kier alpha value is -2.33. The van der Waals surface area contributed by atoms with Crippen LogP contribution in [0.15, 0.2) is 48.5 Å². The summed E-state index contributed by atoms with van der Waals surface area (Å²) >= 11 is 5.80. The molecule has 0 aromatic heterocycles. The van der Waals surface area contributed by atoms with Crippen molar-refractivity contribution in [2.75, 3.05) is 13.2 Å². The molecule has 2 aromatic rings. The van der Waals surface area contributed by atoms with E-state index >= 15 is 0 Å². The van der Waals surface area contributed by atoms with Crippen LogP contribution in [0.2, 0.25) is 5.02 Å². The molecule has 22 heavy (non-hydrogen) atoms. The molecule has 0 saturated heterocycles. The Labute approximate surface area is 133 Å². The van der Waals surface area contributed by atoms with Gasteiger partial charge in [0.15, 0.2) is 12.4 Å². The zero-order chi connectivity index (χ0) is 15.9. The highest BCUT2D eigenvalue weighted by Gasteiger charge is 2.09. The van der Waals surface area contributed by atoms with E-state index in [-0.39, 0.29) is 12.4 Å². The van der Waals surface area contributed by atoms with Gasteiger partial charge in [0, 0.05) is 16.1 Å². The van der Waals surface area contributed by atoms with E-state index in [4.69, 9.17) is 21.1 Å². The fourth-order valence-electron chi connectivity index (χ4n) is 1.82. The second-order valence-corrected chi connectivity index (χ2v) is 4.89. The third kappa shape index (κ3) is 4.33. The highest BCUT2D eigenvalue weighted by molar-refractivity contribution is 6.30. The van der Waals surface area contributed by atoms with Gasteiger partial charge in [0.05, 0.1) is 6.61 Å². The van der Waals surface area contributed by atoms with Crippen molar-refractivity contribution in [1.29, 1.82) is 0 Å². The third-order valence-corrected chi connectivity index (χ3v) is 3.14. The summed E-state index contributed by atoms with van der Waals surface area (Å²) in [6.07, 6.45) is 0. The molecule has 2 rings (SSSR count). The number of hydrogen-bond acceptors (Lipinski definition) is 4. The molecule has 0 radical (unpaired) electrons. The van der Waals surface area contributed by atoms with Gasteiger partial charge in [0.25, 0.3) is 0 Å². The van der Waals surface area contributed by atoms with Gasteiger partial charge >= 0.3 is 5.97 Å². The van der Waals surface area contributed by atoms with Gasteiger partial charge < -0.3 is 9.47 Å². The molecule has 4 nitrogen and oxygen atoms in total. The lowest BCUT2D eigenvalue weighted by atomic mass is 10.0. The summed E-state index contributed by atoms with van der Waals surface area (Å²) in [4.78, 5) is 23.5. The van der Waals surface area contributed by atoms with Crippen molar-refractivity contribution in [2.24, 2.45) is 0 Å². The quantitative estimate of drug-likeness (QED) is 0.604. The molecular weight excluding hydrogens is 304 g/mol. The van der Waals surface area contributed by atoms with E-state index in [2.05, 4.69) is 0 Å². The molecule has 0 fully saturated rings. The maximum atomic E-state index is 12.3. The van der Waals surface area contributed by atoms with Crippen LogP contribution in [0.5, 0.6) is 5.75 Å². The fourth-order valence-corrected chi connectivity index (χ4v) is 1.94. The van der Waals surface area contributed by atoms with E-state index in [0.29, 0.717) is 28.5 Å². The van der Waals surface area contributed by atoms with Gasteiger partial charge in [-0.05, 0) is 55.5 Å². The van der Waals surface area contributed by atoms with Crippen molar-refractivity contribution in [3.05, 3.63) is 64.7 Å². The van der Waals surface area contributed by atoms with Gasteiger partial charge in [-0.2, -0.15) is 0 Å². The fraction of sp³-hybridized carbons (Fsp3) is 0.176. The van der Waals surface area contributed by atoms with Gasteiger partial charge in [0.2, 0.25) is 0 Å². The Morgan fingerprint density at radius 3 is 2.05 bits per heavy atom. The maximum absolute atomic E-state index is 12.3. The van der Waals surface area contributed by atoms with Crippen LogP contribution >= 0.6 is 11.6 Å². The smallest absolute Gasteiger partial charge is 0.344 e. The van der Waals surface area contributed by atoms with E-state index in [9.17, 15) is 9.59 Å². The van der Waals surface area contributed by atoms with Gasteiger partial charge in [-0.3, -0.25) is 4.79 Å². The molecule has 114 valence electrons. The number of rotatable bonds is 6. The molecular formula is C17H15ClO4. The Balaban J connectivity index is 2.00. The summed E-state index contributed by atoms with van der Waals surface area (Å²) in [5, 5.41) is 0.583. The summed E-state index contributed by atoms with van der Waals surface area (Å²) in [7, 11) is 0. The lowest BCUT2D eigenvalue weighted by molar-refractivity contribution is -0.145. The van der Waals surface area contributed by atoms with Crippen molar-refractivity contribution >= 4 is 23.4 Å². The molecule has 2 aromatic carbocycles. The molecule has 0 spiro atoms. The number of carbonyl (C=O) groups is 2. The van der Waals surface area contributed by atoms with Crippen LogP contribution in [0.25, 0.3) is 0 Å². The number of esters is 1. The highest BCUT2D eigenvalue weighted by Crippen LogP contribution is 2.17. The predicted octanol–water partition coefficient (Wildman–Crippen LogP) is 3.51. The van der Waals surface area contributed by atoms with E-state index in [1.807, 2.05) is 0 Å². The average Bonchev–Trinajstić information content (AvgIpc) is 2.54. The van der Waals surface area contributed by atoms with E-state index in [0.717, 1.165) is 0 Å². The van der Waals surface area contributed by atoms with Crippen LogP contribution in [0, 0.1) is 0 Å². The molecule has 0 aliphatic rings. The number of ketones is 1. The summed E-state index contributed by atoms with van der Waals surface area (Å²) < 4.78 is 10.0. The zero-order valence-electron chi connectivity index (χ0n) is 12.0. The number of ether oxygens (including phenoxy) is 2. The van der Waals surface area contributed by atoms with E-state index in [1.165, 1.54) is 0 Å². The van der Waals surface area contributed by atoms with Crippen molar-refractivity contribution in [3.63, 3.8) is 0 Å². The standard InChI is InChI=1S/C17H15ClO4/c1-2-21-16(19)11-22-15-9-5-13(6-10-15)17(20)12-3-7-14(18)8-4-12/h3-10H,2,11H2,1H3. The second kappa shape index (κ2) is 7.61. The maximum Gasteiger partial charge on any atom is 0.344 e. The van der Waals surface area contributed by atoms with E-state index < -0.39 is 5.97 Å². The van der Waals surface area contributed by atoms with Crippen molar-refractivity contribution in [1.82, 2.24) is 0 Å². The second-order valence-electron chi connectivity index (χ2n) is 4.45. The lowest BCUT2D eigenvalue weighted by Crippen LogP contribution is -2.14. The summed E-state index contributed by atoms with van der Waals surface area (Å²) in [6.45, 7) is 1.89. The van der Waals surface area contributed by atoms with Gasteiger partial charge in [0.1, 0.15) is 5.75 Å². The molecule has 0 heterocycles. The minimum absolute atomic E-state index is 0.103. The van der Waals surface area contributed by atoms with Crippen LogP contribution in [0.4, 0.5) is 0 Å². The van der Waals surface area contributed by atoms with Crippen LogP contribution in [-0.4, -0.2) is 25.0 Å². The predicted molar refractivity (Wildman–Crippen MR) is 83.5 cm³/mol. The van der Waals surface area contributed by atoms with E-state index in [1.54, 1.807) is 55.5 Å². The van der Waals surface area contributed by atoms with Crippen LogP contribution in [0.1, 0.15) is 22.8 Å². The van der Waals surface area contributed by atoms with Gasteiger partial charge in [-0.25, -0.2) is 4.79 Å². The van der Waals surface area contributed by atoms with Crippen molar-refractivity contribution in [2.45, 2.75) is 6.92 Å². The normalized spacial score (nSPS) is 10.1. The van der Waals surface area contributed by atoms with Crippen molar-refractivity contribution < 1.29 is 19.1 Å². The highest BCUT2D eigenvalue weighted by atomic mass is 35.5. The molecule has 0 atom stereocenters. The Bertz CT molecular complexity index is 647. The first-order chi connectivity index (χ1) is 10.6. The van der Waals surface area contributed by atoms with Crippen LogP contribution in [0.3, 0.4) is 0 Å². The molecule has 5 heteroatoms. The SMILES string of the molecule is CCOC(=O)COc1ccc(C(=O)c2ccc(Cl)cc2)cc1. The molecule has 0 bridgehead atoms. The van der Waals surface area contributed by atoms with Gasteiger partial charge in [-0.1, -0.05) is 11.6 Å². The first kappa shape index (κ1) is 16.0. The van der Waals surface area contributed by atoms with Crippen molar-refractivity contribution in [3.8, 4) is 5.75 Å². The molecule has 0 amide bonds. The number of halogens is 1. The molecule has 0 aliphatic carbocycles. The monoisotopic (exact) mass is 318 g/mol. The third-order valence-electron chi connectivity index (χ3n) is 2.88. The average molecular weight is 319 g/mol. The molecule has 0 saturated carbocycles. The minimum Gasteiger partial charge on any atom is -0.482 e. The number of hydrogen-bond donors (Lipinski definition) is 0. The zero-order valence-corrected chi connectivity index (χ0v) is 12.8. The molecule has 0 unspecified atom stereocenters. The minimum atomic E-state index is -0.427. The molecule has 0 N–H and O–H groups in total. The Morgan fingerprint density at radius 2 is 1.50 bits per heavy atom. The lowest BCUT2D eigenvalue weighted by Gasteiger charge is -2.06. The van der Waals surface area contributed by atoms with Crippen LogP contribution in [-0.2, 0) is 9.53 Å². The van der Waals surface area contributed by atoms with Gasteiger partial charge in [-0.15, -0.1) is 0 Å². The number of carbonyl (C=O) groups excluding carboxylic acids is 2. The first-order valence-corrected chi connectivity index (χ1v) is 7.16. The topological polar surface area (TPSA) is 52.6 Å². The summed E-state index contributed by atoms with van der Waals surface area (Å²) in [5.41, 5.74) is 1.09. The Kier molecular flexibility index (Phi) is 5.55. The van der Waals surface area contributed by atoms with Crippen LogP contribution < -0.4 is 4.74 Å². The summed E-state index contributed by atoms with van der Waals surface area (Å²) in [5.74, 6) is -0.0295. The largest absolute Gasteiger partial charge is 0.482 e. The molecule has 0 aliphatic heterocycles. The number of benzene rings is 2. The Morgan fingerprint density at radius 1 is 0.955 bits per heavy atom.